The summed E-state index contributed by atoms with van der Waals surface area (Å²) in [4.78, 5) is 0. The third-order valence-corrected chi connectivity index (χ3v) is 3.88. The van der Waals surface area contributed by atoms with Crippen molar-refractivity contribution in [2.24, 2.45) is 5.92 Å². The zero-order chi connectivity index (χ0) is 13.1. The van der Waals surface area contributed by atoms with Crippen molar-refractivity contribution >= 4 is 0 Å². The molecule has 1 aromatic rings. The highest BCUT2D eigenvalue weighted by atomic mass is 16.5. The van der Waals surface area contributed by atoms with E-state index in [0.29, 0.717) is 17.5 Å². The molecule has 1 fully saturated rings. The molecule has 0 amide bonds. The molecule has 2 rings (SSSR count). The van der Waals surface area contributed by atoms with Crippen molar-refractivity contribution in [1.82, 2.24) is 5.32 Å². The highest BCUT2D eigenvalue weighted by molar-refractivity contribution is 5.41. The van der Waals surface area contributed by atoms with E-state index in [9.17, 15) is 5.11 Å². The minimum absolute atomic E-state index is 0.172. The van der Waals surface area contributed by atoms with Gasteiger partial charge in [-0.25, -0.2) is 0 Å². The molecule has 1 saturated carbocycles. The Morgan fingerprint density at radius 3 is 2.72 bits per heavy atom. The largest absolute Gasteiger partial charge is 0.507 e. The first-order valence-electron chi connectivity index (χ1n) is 6.73. The molecule has 1 aromatic carbocycles. The fraction of sp³-hybridized carbons (Fsp3) is 0.600. The Morgan fingerprint density at radius 2 is 2.17 bits per heavy atom. The highest BCUT2D eigenvalue weighted by Crippen LogP contribution is 2.31. The molecule has 1 aliphatic carbocycles. The van der Waals surface area contributed by atoms with Gasteiger partial charge in [-0.15, -0.1) is 0 Å². The summed E-state index contributed by atoms with van der Waals surface area (Å²) >= 11 is 0. The molecule has 0 aliphatic heterocycles. The number of nitrogens with one attached hydrogen (secondary N) is 1. The molecule has 100 valence electrons. The maximum absolute atomic E-state index is 10.00. The van der Waals surface area contributed by atoms with Crippen LogP contribution in [-0.4, -0.2) is 18.3 Å². The average Bonchev–Trinajstić information content (AvgIpc) is 2.74. The van der Waals surface area contributed by atoms with Gasteiger partial charge in [-0.3, -0.25) is 0 Å². The molecule has 2 N–H and O–H groups in total. The van der Waals surface area contributed by atoms with Crippen LogP contribution in [-0.2, 0) is 0 Å². The summed E-state index contributed by atoms with van der Waals surface area (Å²) in [5.74, 6) is 1.82. The summed E-state index contributed by atoms with van der Waals surface area (Å²) in [6.45, 7) is 4.40. The van der Waals surface area contributed by atoms with Gasteiger partial charge in [-0.05, 0) is 38.2 Å². The lowest BCUT2D eigenvalue weighted by Crippen LogP contribution is -2.29. The molecule has 0 aromatic heterocycles. The second kappa shape index (κ2) is 5.61. The molecule has 3 nitrogen and oxygen atoms in total. The van der Waals surface area contributed by atoms with Crippen molar-refractivity contribution in [1.29, 1.82) is 0 Å². The van der Waals surface area contributed by atoms with Crippen molar-refractivity contribution in [2.75, 3.05) is 7.11 Å². The number of ether oxygens (including phenoxy) is 1. The van der Waals surface area contributed by atoms with E-state index in [1.54, 1.807) is 13.2 Å². The number of aromatic hydroxyl groups is 1. The summed E-state index contributed by atoms with van der Waals surface area (Å²) in [5.41, 5.74) is 0.940. The summed E-state index contributed by atoms with van der Waals surface area (Å²) in [6.07, 6.45) is 3.78. The van der Waals surface area contributed by atoms with Gasteiger partial charge in [-0.1, -0.05) is 13.0 Å². The van der Waals surface area contributed by atoms with Crippen LogP contribution in [0.4, 0.5) is 0 Å². The van der Waals surface area contributed by atoms with E-state index >= 15 is 0 Å². The van der Waals surface area contributed by atoms with Crippen molar-refractivity contribution in [2.45, 2.75) is 45.2 Å². The maximum atomic E-state index is 10.00. The number of phenols is 1. The van der Waals surface area contributed by atoms with E-state index in [1.807, 2.05) is 12.1 Å². The molecular weight excluding hydrogens is 226 g/mol. The second-order valence-electron chi connectivity index (χ2n) is 5.43. The van der Waals surface area contributed by atoms with Crippen molar-refractivity contribution in [3.8, 4) is 11.5 Å². The molecule has 1 aliphatic rings. The molecule has 0 spiro atoms. The van der Waals surface area contributed by atoms with Crippen molar-refractivity contribution < 1.29 is 9.84 Å². The van der Waals surface area contributed by atoms with Crippen LogP contribution in [0.25, 0.3) is 0 Å². The Hall–Kier alpha value is -1.22. The predicted molar refractivity (Wildman–Crippen MR) is 73.0 cm³/mol. The zero-order valence-corrected chi connectivity index (χ0v) is 11.4. The van der Waals surface area contributed by atoms with Gasteiger partial charge < -0.3 is 15.2 Å². The molecule has 0 heterocycles. The monoisotopic (exact) mass is 249 g/mol. The lowest BCUT2D eigenvalue weighted by Gasteiger charge is -2.21. The SMILES string of the molecule is COc1ccc(C(C)NC2CCC(C)C2)c(O)c1. The highest BCUT2D eigenvalue weighted by Gasteiger charge is 2.23. The molecule has 3 heteroatoms. The smallest absolute Gasteiger partial charge is 0.124 e. The third-order valence-electron chi connectivity index (χ3n) is 3.88. The van der Waals surface area contributed by atoms with Gasteiger partial charge in [0, 0.05) is 23.7 Å². The summed E-state index contributed by atoms with van der Waals surface area (Å²) in [7, 11) is 1.61. The number of methoxy groups -OCH3 is 1. The minimum Gasteiger partial charge on any atom is -0.507 e. The van der Waals surface area contributed by atoms with Crippen LogP contribution in [0.15, 0.2) is 18.2 Å². The van der Waals surface area contributed by atoms with Crippen molar-refractivity contribution in [3.63, 3.8) is 0 Å². The lowest BCUT2D eigenvalue weighted by molar-refractivity contribution is 0.399. The van der Waals surface area contributed by atoms with Gasteiger partial charge in [0.1, 0.15) is 11.5 Å². The molecule has 3 atom stereocenters. The van der Waals surface area contributed by atoms with E-state index in [1.165, 1.54) is 19.3 Å². The fourth-order valence-electron chi connectivity index (χ4n) is 2.82. The van der Waals surface area contributed by atoms with Gasteiger partial charge >= 0.3 is 0 Å². The van der Waals surface area contributed by atoms with Crippen LogP contribution in [0.1, 0.15) is 44.7 Å². The molecule has 3 unspecified atom stereocenters. The summed E-state index contributed by atoms with van der Waals surface area (Å²) < 4.78 is 5.10. The standard InChI is InChI=1S/C15H23NO2/c1-10-4-5-12(8-10)16-11(2)14-7-6-13(18-3)9-15(14)17/h6-7,9-12,16-17H,4-5,8H2,1-3H3. The maximum Gasteiger partial charge on any atom is 0.124 e. The molecule has 0 radical (unpaired) electrons. The van der Waals surface area contributed by atoms with E-state index in [4.69, 9.17) is 4.74 Å². The van der Waals surface area contributed by atoms with Crippen LogP contribution in [0, 0.1) is 5.92 Å². The topological polar surface area (TPSA) is 41.5 Å². The number of phenolic OH excluding ortho intramolecular Hbond substituents is 1. The summed E-state index contributed by atoms with van der Waals surface area (Å²) in [6, 6.07) is 6.25. The van der Waals surface area contributed by atoms with Crippen LogP contribution >= 0.6 is 0 Å². The summed E-state index contributed by atoms with van der Waals surface area (Å²) in [5, 5.41) is 13.6. The number of benzene rings is 1. The Morgan fingerprint density at radius 1 is 1.39 bits per heavy atom. The van der Waals surface area contributed by atoms with Gasteiger partial charge in [0.15, 0.2) is 0 Å². The Bertz CT molecular complexity index is 405. The van der Waals surface area contributed by atoms with Crippen molar-refractivity contribution in [3.05, 3.63) is 23.8 Å². The third kappa shape index (κ3) is 2.96. The van der Waals surface area contributed by atoms with Gasteiger partial charge in [0.25, 0.3) is 0 Å². The quantitative estimate of drug-likeness (QED) is 0.860. The first-order valence-corrected chi connectivity index (χ1v) is 6.73. The molecule has 0 saturated heterocycles. The Balaban J connectivity index is 2.02. The minimum atomic E-state index is 0.172. The zero-order valence-electron chi connectivity index (χ0n) is 11.4. The van der Waals surface area contributed by atoms with E-state index in [2.05, 4.69) is 19.2 Å². The predicted octanol–water partition coefficient (Wildman–Crippen LogP) is 3.24. The van der Waals surface area contributed by atoms with Crippen LogP contribution in [0.5, 0.6) is 11.5 Å². The Kier molecular flexibility index (Phi) is 4.12. The van der Waals surface area contributed by atoms with Crippen LogP contribution < -0.4 is 10.1 Å². The molecule has 18 heavy (non-hydrogen) atoms. The van der Waals surface area contributed by atoms with Gasteiger partial charge in [0.2, 0.25) is 0 Å². The number of hydrogen-bond donors (Lipinski definition) is 2. The first-order chi connectivity index (χ1) is 8.60. The first kappa shape index (κ1) is 13.2. The van der Waals surface area contributed by atoms with Crippen LogP contribution in [0.3, 0.4) is 0 Å². The average molecular weight is 249 g/mol. The second-order valence-corrected chi connectivity index (χ2v) is 5.43. The van der Waals surface area contributed by atoms with E-state index < -0.39 is 0 Å². The number of hydrogen-bond acceptors (Lipinski definition) is 3. The van der Waals surface area contributed by atoms with Crippen LogP contribution in [0.2, 0.25) is 0 Å². The number of rotatable bonds is 4. The molecular formula is C15H23NO2. The fourth-order valence-corrected chi connectivity index (χ4v) is 2.82. The Labute approximate surface area is 109 Å². The normalized spacial score (nSPS) is 25.1. The lowest BCUT2D eigenvalue weighted by atomic mass is 10.0. The molecule has 0 bridgehead atoms. The van der Waals surface area contributed by atoms with Gasteiger partial charge in [-0.2, -0.15) is 0 Å². The van der Waals surface area contributed by atoms with E-state index in [-0.39, 0.29) is 6.04 Å². The van der Waals surface area contributed by atoms with Gasteiger partial charge in [0.05, 0.1) is 7.11 Å². The van der Waals surface area contributed by atoms with E-state index in [0.717, 1.165) is 11.5 Å².